The molecule has 0 saturated heterocycles. The Morgan fingerprint density at radius 3 is 2.67 bits per heavy atom. The molecule has 1 N–H and O–H groups in total. The Morgan fingerprint density at radius 2 is 2.07 bits per heavy atom. The average molecular weight is 485 g/mol. The number of fused-ring (bicyclic) bond motifs is 1. The van der Waals surface area contributed by atoms with E-state index < -0.39 is 17.8 Å². The lowest BCUT2D eigenvalue weighted by atomic mass is 10.2. The number of hydrogen-bond acceptors (Lipinski definition) is 4. The molecule has 0 radical (unpaired) electrons. The van der Waals surface area contributed by atoms with E-state index in [1.165, 1.54) is 0 Å². The van der Waals surface area contributed by atoms with Crippen molar-refractivity contribution < 1.29 is 18.0 Å². The first-order valence-electron chi connectivity index (χ1n) is 9.60. The van der Waals surface area contributed by atoms with Crippen LogP contribution in [0.3, 0.4) is 0 Å². The van der Waals surface area contributed by atoms with Gasteiger partial charge in [0.25, 0.3) is 5.91 Å². The second kappa shape index (κ2) is 7.68. The van der Waals surface area contributed by atoms with Crippen LogP contribution in [0.15, 0.2) is 16.7 Å². The monoisotopic (exact) mass is 484 g/mol. The maximum absolute atomic E-state index is 13.5. The number of nitrogens with zero attached hydrogens (tertiary/aromatic N) is 5. The molecular formula is C19H20BrF3N6O. The summed E-state index contributed by atoms with van der Waals surface area (Å²) in [5.74, 6) is -0.477. The maximum Gasteiger partial charge on any atom is 0.433 e. The number of carbonyl (C=O) groups excluding carboxylic acids is 1. The molecule has 1 saturated carbocycles. The molecule has 3 aromatic heterocycles. The highest BCUT2D eigenvalue weighted by atomic mass is 79.9. The van der Waals surface area contributed by atoms with Gasteiger partial charge in [0.05, 0.1) is 16.4 Å². The molecule has 1 aliphatic rings. The molecule has 1 aliphatic carbocycles. The molecule has 0 atom stereocenters. The summed E-state index contributed by atoms with van der Waals surface area (Å²) in [5.41, 5.74) is 1.31. The van der Waals surface area contributed by atoms with E-state index in [9.17, 15) is 18.0 Å². The number of hydrogen-bond donors (Lipinski definition) is 1. The van der Waals surface area contributed by atoms with Crippen LogP contribution in [0.1, 0.15) is 58.3 Å². The van der Waals surface area contributed by atoms with Crippen molar-refractivity contribution in [3.63, 3.8) is 0 Å². The van der Waals surface area contributed by atoms with Gasteiger partial charge in [0, 0.05) is 30.4 Å². The quantitative estimate of drug-likeness (QED) is 0.536. The lowest BCUT2D eigenvalue weighted by Gasteiger charge is -2.11. The minimum Gasteiger partial charge on any atom is -0.352 e. The van der Waals surface area contributed by atoms with Gasteiger partial charge in [0.2, 0.25) is 0 Å². The van der Waals surface area contributed by atoms with Crippen LogP contribution in [0.25, 0.3) is 5.65 Å². The lowest BCUT2D eigenvalue weighted by Crippen LogP contribution is -2.25. The van der Waals surface area contributed by atoms with Gasteiger partial charge in [-0.3, -0.25) is 9.48 Å². The third-order valence-electron chi connectivity index (χ3n) is 5.15. The van der Waals surface area contributed by atoms with E-state index in [0.717, 1.165) is 41.0 Å². The number of amides is 1. The van der Waals surface area contributed by atoms with Gasteiger partial charge in [-0.2, -0.15) is 23.4 Å². The molecular weight excluding hydrogens is 465 g/mol. The second-order valence-electron chi connectivity index (χ2n) is 7.45. The summed E-state index contributed by atoms with van der Waals surface area (Å²) in [7, 11) is 0. The van der Waals surface area contributed by atoms with Crippen LogP contribution < -0.4 is 5.32 Å². The summed E-state index contributed by atoms with van der Waals surface area (Å²) in [6.45, 7) is 4.80. The minimum absolute atomic E-state index is 0.0157. The van der Waals surface area contributed by atoms with Crippen LogP contribution in [-0.2, 0) is 12.7 Å². The summed E-state index contributed by atoms with van der Waals surface area (Å²) in [4.78, 5) is 16.9. The Hall–Kier alpha value is -2.43. The van der Waals surface area contributed by atoms with Crippen molar-refractivity contribution >= 4 is 27.5 Å². The zero-order valence-electron chi connectivity index (χ0n) is 16.4. The third-order valence-corrected chi connectivity index (χ3v) is 6.30. The zero-order valence-corrected chi connectivity index (χ0v) is 18.0. The van der Waals surface area contributed by atoms with Gasteiger partial charge in [-0.1, -0.05) is 0 Å². The molecule has 11 heteroatoms. The van der Waals surface area contributed by atoms with E-state index in [2.05, 4.69) is 36.4 Å². The largest absolute Gasteiger partial charge is 0.433 e. The van der Waals surface area contributed by atoms with Crippen LogP contribution >= 0.6 is 15.9 Å². The lowest BCUT2D eigenvalue weighted by molar-refractivity contribution is -0.142. The Morgan fingerprint density at radius 1 is 1.33 bits per heavy atom. The molecule has 4 rings (SSSR count). The van der Waals surface area contributed by atoms with Crippen molar-refractivity contribution in [1.82, 2.24) is 29.7 Å². The second-order valence-corrected chi connectivity index (χ2v) is 8.24. The molecule has 0 aliphatic heterocycles. The molecule has 3 aromatic rings. The summed E-state index contributed by atoms with van der Waals surface area (Å²) in [5, 5.41) is 10.9. The number of aromatic nitrogens is 5. The molecule has 3 heterocycles. The van der Waals surface area contributed by atoms with Gasteiger partial charge in [0.1, 0.15) is 11.3 Å². The van der Waals surface area contributed by atoms with E-state index in [-0.39, 0.29) is 17.1 Å². The van der Waals surface area contributed by atoms with Gasteiger partial charge in [-0.25, -0.2) is 9.50 Å². The standard InChI is InChI=1S/C19H20BrF3N6O/c1-10-16(20)11(2)28(27-10)7-3-6-24-18(30)13-9-25-29-15(19(21,22)23)8-14(12-4-5-12)26-17(13)29/h8-9,12H,3-7H2,1-2H3,(H,24,30). The predicted octanol–water partition coefficient (Wildman–Crippen LogP) is 4.02. The summed E-state index contributed by atoms with van der Waals surface area (Å²) < 4.78 is 43.9. The molecule has 7 nitrogen and oxygen atoms in total. The van der Waals surface area contributed by atoms with Crippen LogP contribution in [0.2, 0.25) is 0 Å². The van der Waals surface area contributed by atoms with Crippen LogP contribution in [0.5, 0.6) is 0 Å². The number of aryl methyl sites for hydroxylation is 2. The Kier molecular flexibility index (Phi) is 5.33. The van der Waals surface area contributed by atoms with Crippen LogP contribution in [0, 0.1) is 13.8 Å². The Balaban J connectivity index is 1.49. The fourth-order valence-electron chi connectivity index (χ4n) is 3.35. The zero-order chi connectivity index (χ0) is 21.6. The highest BCUT2D eigenvalue weighted by molar-refractivity contribution is 9.10. The molecule has 0 bridgehead atoms. The van der Waals surface area contributed by atoms with Crippen molar-refractivity contribution in [3.05, 3.63) is 45.1 Å². The van der Waals surface area contributed by atoms with E-state index in [0.29, 0.717) is 29.7 Å². The van der Waals surface area contributed by atoms with Crippen molar-refractivity contribution in [1.29, 1.82) is 0 Å². The van der Waals surface area contributed by atoms with E-state index in [1.54, 1.807) is 0 Å². The Bertz CT molecular complexity index is 1120. The van der Waals surface area contributed by atoms with Gasteiger partial charge >= 0.3 is 6.18 Å². The summed E-state index contributed by atoms with van der Waals surface area (Å²) in [6.07, 6.45) is -1.22. The number of nitrogens with one attached hydrogen (secondary N) is 1. The molecule has 0 spiro atoms. The van der Waals surface area contributed by atoms with Crippen molar-refractivity contribution in [3.8, 4) is 0 Å². The molecule has 0 unspecified atom stereocenters. The average Bonchev–Trinajstić information content (AvgIpc) is 3.41. The van der Waals surface area contributed by atoms with Crippen molar-refractivity contribution in [2.45, 2.75) is 51.7 Å². The number of halogens is 4. The van der Waals surface area contributed by atoms with Crippen molar-refractivity contribution in [2.75, 3.05) is 6.54 Å². The maximum atomic E-state index is 13.5. The molecule has 0 aromatic carbocycles. The van der Waals surface area contributed by atoms with Gasteiger partial charge < -0.3 is 5.32 Å². The minimum atomic E-state index is -4.58. The smallest absolute Gasteiger partial charge is 0.352 e. The van der Waals surface area contributed by atoms with Gasteiger partial charge in [-0.15, -0.1) is 0 Å². The van der Waals surface area contributed by atoms with Gasteiger partial charge in [-0.05, 0) is 55.1 Å². The fourth-order valence-corrected chi connectivity index (χ4v) is 3.63. The topological polar surface area (TPSA) is 77.1 Å². The molecule has 30 heavy (non-hydrogen) atoms. The third kappa shape index (κ3) is 3.94. The number of alkyl halides is 3. The van der Waals surface area contributed by atoms with Crippen LogP contribution in [-0.4, -0.2) is 36.8 Å². The summed E-state index contributed by atoms with van der Waals surface area (Å²) >= 11 is 3.47. The Labute approximate surface area is 178 Å². The molecule has 1 fully saturated rings. The highest BCUT2D eigenvalue weighted by Crippen LogP contribution is 2.41. The first-order valence-corrected chi connectivity index (χ1v) is 10.4. The number of rotatable bonds is 6. The first-order chi connectivity index (χ1) is 14.2. The summed E-state index contributed by atoms with van der Waals surface area (Å²) in [6, 6.07) is 1.03. The normalized spacial score (nSPS) is 14.5. The van der Waals surface area contributed by atoms with Gasteiger partial charge in [0.15, 0.2) is 5.65 Å². The highest BCUT2D eigenvalue weighted by Gasteiger charge is 2.37. The molecule has 1 amide bonds. The van der Waals surface area contributed by atoms with Crippen LogP contribution in [0.4, 0.5) is 13.2 Å². The number of carbonyl (C=O) groups is 1. The van der Waals surface area contributed by atoms with E-state index in [1.807, 2.05) is 18.5 Å². The predicted molar refractivity (Wildman–Crippen MR) is 106 cm³/mol. The van der Waals surface area contributed by atoms with E-state index >= 15 is 0 Å². The molecule has 160 valence electrons. The van der Waals surface area contributed by atoms with Crippen molar-refractivity contribution in [2.24, 2.45) is 0 Å². The SMILES string of the molecule is Cc1nn(CCCNC(=O)c2cnn3c(C(F)(F)F)cc(C4CC4)nc23)c(C)c1Br. The fraction of sp³-hybridized carbons (Fsp3) is 0.474. The van der Waals surface area contributed by atoms with E-state index in [4.69, 9.17) is 0 Å². The first kappa shape index (κ1) is 20.8.